The molecular weight excluding hydrogens is 206 g/mol. The van der Waals surface area contributed by atoms with Crippen LogP contribution in [0.5, 0.6) is 0 Å². The van der Waals surface area contributed by atoms with Gasteiger partial charge in [-0.25, -0.2) is 14.6 Å². The van der Waals surface area contributed by atoms with Crippen LogP contribution in [0.4, 0.5) is 5.69 Å². The lowest BCUT2D eigenvalue weighted by Gasteiger charge is -2.03. The molecule has 82 valence electrons. The third-order valence-corrected chi connectivity index (χ3v) is 2.01. The molecule has 0 saturated heterocycles. The molecule has 2 aromatic heterocycles. The van der Waals surface area contributed by atoms with Gasteiger partial charge in [0.2, 0.25) is 5.91 Å². The van der Waals surface area contributed by atoms with Crippen LogP contribution in [0.15, 0.2) is 31.0 Å². The molecule has 0 aromatic carbocycles. The third kappa shape index (κ3) is 2.22. The van der Waals surface area contributed by atoms with Gasteiger partial charge < -0.3 is 5.32 Å². The predicted octanol–water partition coefficient (Wildman–Crippen LogP) is 1.01. The van der Waals surface area contributed by atoms with Crippen molar-refractivity contribution in [1.82, 2.24) is 19.7 Å². The molecule has 16 heavy (non-hydrogen) atoms. The second-order valence-corrected chi connectivity index (χ2v) is 3.15. The minimum Gasteiger partial charge on any atom is -0.325 e. The Labute approximate surface area is 92.3 Å². The van der Waals surface area contributed by atoms with E-state index in [9.17, 15) is 4.79 Å². The van der Waals surface area contributed by atoms with E-state index in [1.54, 1.807) is 36.3 Å². The van der Waals surface area contributed by atoms with Gasteiger partial charge in [-0.2, -0.15) is 5.10 Å². The van der Waals surface area contributed by atoms with Crippen molar-refractivity contribution in [3.8, 4) is 5.82 Å². The van der Waals surface area contributed by atoms with Gasteiger partial charge in [-0.05, 0) is 12.1 Å². The van der Waals surface area contributed by atoms with E-state index in [2.05, 4.69) is 20.4 Å². The second-order valence-electron chi connectivity index (χ2n) is 3.15. The van der Waals surface area contributed by atoms with Crippen molar-refractivity contribution in [2.75, 3.05) is 5.32 Å². The SMILES string of the molecule is CCC(=O)Nc1ccc(-n2cncn2)nc1. The average Bonchev–Trinajstić information content (AvgIpc) is 2.83. The Kier molecular flexibility index (Phi) is 2.90. The number of carbonyl (C=O) groups excluding carboxylic acids is 1. The van der Waals surface area contributed by atoms with Crippen molar-refractivity contribution in [2.45, 2.75) is 13.3 Å². The zero-order chi connectivity index (χ0) is 11.4. The topological polar surface area (TPSA) is 72.7 Å². The van der Waals surface area contributed by atoms with E-state index in [-0.39, 0.29) is 5.91 Å². The second kappa shape index (κ2) is 4.52. The van der Waals surface area contributed by atoms with Crippen LogP contribution < -0.4 is 5.32 Å². The molecule has 0 bridgehead atoms. The van der Waals surface area contributed by atoms with Crippen molar-refractivity contribution in [2.24, 2.45) is 0 Å². The number of hydrogen-bond acceptors (Lipinski definition) is 4. The van der Waals surface area contributed by atoms with E-state index in [1.807, 2.05) is 0 Å². The Morgan fingerprint density at radius 2 is 2.38 bits per heavy atom. The number of pyridine rings is 1. The first-order valence-corrected chi connectivity index (χ1v) is 4.90. The third-order valence-electron chi connectivity index (χ3n) is 2.01. The van der Waals surface area contributed by atoms with Gasteiger partial charge in [-0.15, -0.1) is 0 Å². The predicted molar refractivity (Wildman–Crippen MR) is 58.1 cm³/mol. The standard InChI is InChI=1S/C10H11N5O/c1-2-10(16)14-8-3-4-9(12-5-8)15-7-11-6-13-15/h3-7H,2H2,1H3,(H,14,16). The number of nitrogens with one attached hydrogen (secondary N) is 1. The van der Waals surface area contributed by atoms with E-state index in [0.717, 1.165) is 0 Å². The van der Waals surface area contributed by atoms with Crippen molar-refractivity contribution in [1.29, 1.82) is 0 Å². The molecule has 2 aromatic rings. The number of anilines is 1. The van der Waals surface area contributed by atoms with Gasteiger partial charge in [0.05, 0.1) is 11.9 Å². The van der Waals surface area contributed by atoms with Gasteiger partial charge in [-0.3, -0.25) is 4.79 Å². The lowest BCUT2D eigenvalue weighted by Crippen LogP contribution is -2.10. The quantitative estimate of drug-likeness (QED) is 0.832. The average molecular weight is 217 g/mol. The fraction of sp³-hybridized carbons (Fsp3) is 0.200. The van der Waals surface area contributed by atoms with E-state index < -0.39 is 0 Å². The Morgan fingerprint density at radius 1 is 1.50 bits per heavy atom. The molecule has 2 rings (SSSR count). The highest BCUT2D eigenvalue weighted by Crippen LogP contribution is 2.08. The Balaban J connectivity index is 2.14. The zero-order valence-corrected chi connectivity index (χ0v) is 8.79. The molecule has 0 fully saturated rings. The summed E-state index contributed by atoms with van der Waals surface area (Å²) in [6, 6.07) is 3.54. The molecule has 0 aliphatic heterocycles. The number of aromatic nitrogens is 4. The highest BCUT2D eigenvalue weighted by Gasteiger charge is 2.01. The first-order valence-electron chi connectivity index (χ1n) is 4.90. The maximum atomic E-state index is 11.1. The normalized spacial score (nSPS) is 10.1. The van der Waals surface area contributed by atoms with Crippen molar-refractivity contribution in [3.05, 3.63) is 31.0 Å². The molecule has 0 spiro atoms. The van der Waals surface area contributed by atoms with Crippen LogP contribution in [0.3, 0.4) is 0 Å². The minimum absolute atomic E-state index is 0.0321. The summed E-state index contributed by atoms with van der Waals surface area (Å²) < 4.78 is 1.55. The van der Waals surface area contributed by atoms with Gasteiger partial charge in [-0.1, -0.05) is 6.92 Å². The zero-order valence-electron chi connectivity index (χ0n) is 8.79. The smallest absolute Gasteiger partial charge is 0.224 e. The lowest BCUT2D eigenvalue weighted by molar-refractivity contribution is -0.115. The number of amides is 1. The Hall–Kier alpha value is -2.24. The van der Waals surface area contributed by atoms with Crippen LogP contribution in [-0.4, -0.2) is 25.7 Å². The summed E-state index contributed by atoms with van der Waals surface area (Å²) in [4.78, 5) is 19.1. The molecule has 0 aliphatic carbocycles. The highest BCUT2D eigenvalue weighted by molar-refractivity contribution is 5.90. The first kappa shape index (κ1) is 10.3. The molecular formula is C10H11N5O. The molecule has 0 unspecified atom stereocenters. The summed E-state index contributed by atoms with van der Waals surface area (Å²) in [5.74, 6) is 0.627. The molecule has 1 amide bonds. The summed E-state index contributed by atoms with van der Waals surface area (Å²) in [6.07, 6.45) is 5.04. The van der Waals surface area contributed by atoms with Crippen LogP contribution in [0.2, 0.25) is 0 Å². The number of carbonyl (C=O) groups is 1. The number of nitrogens with zero attached hydrogens (tertiary/aromatic N) is 4. The summed E-state index contributed by atoms with van der Waals surface area (Å²) in [5.41, 5.74) is 0.677. The first-order chi connectivity index (χ1) is 7.79. The summed E-state index contributed by atoms with van der Waals surface area (Å²) >= 11 is 0. The minimum atomic E-state index is -0.0321. The molecule has 0 atom stereocenters. The van der Waals surface area contributed by atoms with Crippen molar-refractivity contribution < 1.29 is 4.79 Å². The largest absolute Gasteiger partial charge is 0.325 e. The van der Waals surface area contributed by atoms with Crippen LogP contribution in [-0.2, 0) is 4.79 Å². The fourth-order valence-electron chi connectivity index (χ4n) is 1.17. The lowest BCUT2D eigenvalue weighted by atomic mass is 10.3. The molecule has 6 heteroatoms. The van der Waals surface area contributed by atoms with Gasteiger partial charge in [0.25, 0.3) is 0 Å². The van der Waals surface area contributed by atoms with E-state index in [1.165, 1.54) is 6.33 Å². The maximum absolute atomic E-state index is 11.1. The Morgan fingerprint density at radius 3 is 2.94 bits per heavy atom. The van der Waals surface area contributed by atoms with Crippen molar-refractivity contribution in [3.63, 3.8) is 0 Å². The molecule has 1 N–H and O–H groups in total. The van der Waals surface area contributed by atoms with Gasteiger partial charge in [0.15, 0.2) is 5.82 Å². The Bertz CT molecular complexity index is 462. The highest BCUT2D eigenvalue weighted by atomic mass is 16.1. The van der Waals surface area contributed by atoms with Crippen LogP contribution in [0.25, 0.3) is 5.82 Å². The van der Waals surface area contributed by atoms with Gasteiger partial charge >= 0.3 is 0 Å². The van der Waals surface area contributed by atoms with E-state index in [0.29, 0.717) is 17.9 Å². The molecule has 0 saturated carbocycles. The van der Waals surface area contributed by atoms with Crippen LogP contribution in [0.1, 0.15) is 13.3 Å². The van der Waals surface area contributed by atoms with Crippen molar-refractivity contribution >= 4 is 11.6 Å². The summed E-state index contributed by atoms with van der Waals surface area (Å²) in [6.45, 7) is 1.80. The van der Waals surface area contributed by atoms with E-state index in [4.69, 9.17) is 0 Å². The van der Waals surface area contributed by atoms with Gasteiger partial charge in [0.1, 0.15) is 12.7 Å². The summed E-state index contributed by atoms with van der Waals surface area (Å²) in [5, 5.41) is 6.67. The van der Waals surface area contributed by atoms with E-state index >= 15 is 0 Å². The monoisotopic (exact) mass is 217 g/mol. The van der Waals surface area contributed by atoms with Crippen LogP contribution >= 0.6 is 0 Å². The maximum Gasteiger partial charge on any atom is 0.224 e. The van der Waals surface area contributed by atoms with Gasteiger partial charge in [0, 0.05) is 6.42 Å². The molecule has 2 heterocycles. The molecule has 6 nitrogen and oxygen atoms in total. The summed E-state index contributed by atoms with van der Waals surface area (Å²) in [7, 11) is 0. The molecule has 0 radical (unpaired) electrons. The number of hydrogen-bond donors (Lipinski definition) is 1. The fourth-order valence-corrected chi connectivity index (χ4v) is 1.17. The van der Waals surface area contributed by atoms with Crippen LogP contribution in [0, 0.1) is 0 Å². The molecule has 0 aliphatic rings. The number of rotatable bonds is 3.